The summed E-state index contributed by atoms with van der Waals surface area (Å²) in [5.74, 6) is 0. The maximum absolute atomic E-state index is 3.81. The lowest BCUT2D eigenvalue weighted by molar-refractivity contribution is 1.75. The fraction of sp³-hybridized carbons (Fsp3) is 0.667. The van der Waals surface area contributed by atoms with Crippen LogP contribution in [0, 0.1) is 0 Å². The summed E-state index contributed by atoms with van der Waals surface area (Å²) in [5, 5.41) is 0. The van der Waals surface area contributed by atoms with E-state index in [-0.39, 0.29) is 0 Å². The summed E-state index contributed by atoms with van der Waals surface area (Å²) in [6.45, 7) is 0. The van der Waals surface area contributed by atoms with Crippen LogP contribution in [0.2, 0.25) is 0 Å². The lowest BCUT2D eigenvalue weighted by Gasteiger charge is -1.17. The average molecular weight is 73.1 g/mol. The second-order valence-electron chi connectivity index (χ2n) is 1.12. The molecule has 0 bridgehead atoms. The molecule has 0 saturated carbocycles. The molecule has 1 aliphatic rings. The Balaban J connectivity index is 2.60. The zero-order valence-corrected chi connectivity index (χ0v) is 3.46. The van der Waals surface area contributed by atoms with E-state index >= 15 is 0 Å². The van der Waals surface area contributed by atoms with E-state index < -0.39 is 0 Å². The first-order valence-electron chi connectivity index (χ1n) is 1.45. The molecule has 22 valence electrons. The van der Waals surface area contributed by atoms with Gasteiger partial charge in [0.1, 0.15) is 12.3 Å². The van der Waals surface area contributed by atoms with E-state index in [9.17, 15) is 0 Å². The van der Waals surface area contributed by atoms with Crippen LogP contribution in [0.25, 0.3) is 0 Å². The summed E-state index contributed by atoms with van der Waals surface area (Å²) < 4.78 is 0. The molecule has 0 spiro atoms. The summed E-state index contributed by atoms with van der Waals surface area (Å²) in [4.78, 5) is 0. The van der Waals surface area contributed by atoms with Gasteiger partial charge in [-0.1, -0.05) is 0 Å². The Morgan fingerprint density at radius 1 is 1.50 bits per heavy atom. The van der Waals surface area contributed by atoms with Crippen molar-refractivity contribution >= 4 is 13.8 Å². The molecule has 0 aliphatic carbocycles. The normalized spacial score (nSPS) is 21.5. The largest absolute Gasteiger partial charge is 0.146 e. The van der Waals surface area contributed by atoms with Crippen LogP contribution < -0.4 is 0 Å². The highest BCUT2D eigenvalue weighted by Gasteiger charge is 2.21. The molecular formula is C3H6P+. The molecule has 1 aliphatic heterocycles. The molecule has 0 N–H and O–H groups in total. The minimum atomic E-state index is 0.380. The van der Waals surface area contributed by atoms with Crippen LogP contribution in [0.4, 0.5) is 0 Å². The molecule has 1 rings (SSSR count). The molecule has 0 atom stereocenters. The van der Waals surface area contributed by atoms with Gasteiger partial charge in [-0.3, -0.25) is 0 Å². The van der Waals surface area contributed by atoms with Gasteiger partial charge in [0.15, 0.2) is 0 Å². The first-order valence-corrected chi connectivity index (χ1v) is 3.35. The highest BCUT2D eigenvalue weighted by molar-refractivity contribution is 7.63. The van der Waals surface area contributed by atoms with Crippen molar-refractivity contribution in [1.29, 1.82) is 0 Å². The van der Waals surface area contributed by atoms with Gasteiger partial charge in [0, 0.05) is 0 Å². The first kappa shape index (κ1) is 2.41. The van der Waals surface area contributed by atoms with Crippen LogP contribution >= 0.6 is 7.55 Å². The standard InChI is InChI=1S/C3H6P/c1-4-2-3-4/h1-3H2/q+1. The lowest BCUT2D eigenvalue weighted by Crippen LogP contribution is -1.20. The van der Waals surface area contributed by atoms with Gasteiger partial charge in [0.05, 0.1) is 13.8 Å². The van der Waals surface area contributed by atoms with Crippen molar-refractivity contribution in [2.75, 3.05) is 12.3 Å². The van der Waals surface area contributed by atoms with E-state index in [0.717, 1.165) is 0 Å². The molecule has 1 heterocycles. The van der Waals surface area contributed by atoms with Crippen molar-refractivity contribution in [2.24, 2.45) is 0 Å². The van der Waals surface area contributed by atoms with E-state index in [1.54, 1.807) is 0 Å². The van der Waals surface area contributed by atoms with Gasteiger partial charge in [-0.25, -0.2) is 0 Å². The molecule has 0 unspecified atom stereocenters. The van der Waals surface area contributed by atoms with Crippen LogP contribution in [-0.4, -0.2) is 18.6 Å². The number of rotatable bonds is 0. The molecule has 1 saturated heterocycles. The van der Waals surface area contributed by atoms with E-state index in [4.69, 9.17) is 0 Å². The molecule has 4 heavy (non-hydrogen) atoms. The Labute approximate surface area is 27.2 Å². The average Bonchev–Trinajstić information content (AvgIpc) is 1.75. The summed E-state index contributed by atoms with van der Waals surface area (Å²) >= 11 is 0. The molecule has 1 heteroatoms. The van der Waals surface area contributed by atoms with Crippen LogP contribution in [0.15, 0.2) is 0 Å². The van der Waals surface area contributed by atoms with Crippen LogP contribution in [0.5, 0.6) is 0 Å². The molecule has 0 nitrogen and oxygen atoms in total. The Morgan fingerprint density at radius 2 is 1.75 bits per heavy atom. The number of hydrogen-bond acceptors (Lipinski definition) is 0. The van der Waals surface area contributed by atoms with Gasteiger partial charge in [0.25, 0.3) is 0 Å². The van der Waals surface area contributed by atoms with Gasteiger partial charge in [-0.05, 0) is 0 Å². The SMILES string of the molecule is C=[P+]1CC1. The summed E-state index contributed by atoms with van der Waals surface area (Å²) in [5.41, 5.74) is 0. The lowest BCUT2D eigenvalue weighted by atomic mass is 11.0. The molecule has 0 amide bonds. The third-order valence-corrected chi connectivity index (χ3v) is 1.62. The van der Waals surface area contributed by atoms with Crippen molar-refractivity contribution in [2.45, 2.75) is 0 Å². The van der Waals surface area contributed by atoms with Crippen LogP contribution in [-0.2, 0) is 0 Å². The van der Waals surface area contributed by atoms with Gasteiger partial charge < -0.3 is 0 Å². The fourth-order valence-corrected chi connectivity index (χ4v) is 0.636. The Hall–Kier alpha value is 0.170. The molecule has 0 aromatic rings. The van der Waals surface area contributed by atoms with Crippen molar-refractivity contribution in [3.8, 4) is 0 Å². The third-order valence-electron chi connectivity index (χ3n) is 0.540. The number of hydrogen-bond donors (Lipinski definition) is 0. The van der Waals surface area contributed by atoms with Gasteiger partial charge in [-0.2, -0.15) is 0 Å². The minimum absolute atomic E-state index is 0.380. The summed E-state index contributed by atoms with van der Waals surface area (Å²) in [6, 6.07) is 0. The van der Waals surface area contributed by atoms with E-state index in [1.807, 2.05) is 0 Å². The second-order valence-corrected chi connectivity index (χ2v) is 3.35. The predicted molar refractivity (Wildman–Crippen MR) is 23.8 cm³/mol. The quantitative estimate of drug-likeness (QED) is 0.374. The summed E-state index contributed by atoms with van der Waals surface area (Å²) in [7, 11) is 0.380. The van der Waals surface area contributed by atoms with Crippen molar-refractivity contribution in [1.82, 2.24) is 0 Å². The smallest absolute Gasteiger partial charge is 0.0724 e. The maximum atomic E-state index is 3.81. The summed E-state index contributed by atoms with van der Waals surface area (Å²) in [6.07, 6.45) is 6.69. The van der Waals surface area contributed by atoms with Gasteiger partial charge in [0.2, 0.25) is 0 Å². The van der Waals surface area contributed by atoms with E-state index in [1.165, 1.54) is 12.3 Å². The van der Waals surface area contributed by atoms with Crippen molar-refractivity contribution in [3.05, 3.63) is 0 Å². The highest BCUT2D eigenvalue weighted by Crippen LogP contribution is 2.34. The highest BCUT2D eigenvalue weighted by atomic mass is 31.1. The first-order chi connectivity index (χ1) is 1.89. The van der Waals surface area contributed by atoms with E-state index in [2.05, 4.69) is 6.30 Å². The molecule has 1 fully saturated rings. The second kappa shape index (κ2) is 0.558. The van der Waals surface area contributed by atoms with Crippen molar-refractivity contribution < 1.29 is 0 Å². The molecule has 0 aromatic heterocycles. The topological polar surface area (TPSA) is 0 Å². The third kappa shape index (κ3) is 0.296. The molecule has 0 radical (unpaired) electrons. The van der Waals surface area contributed by atoms with Crippen LogP contribution in [0.1, 0.15) is 0 Å². The van der Waals surface area contributed by atoms with Gasteiger partial charge >= 0.3 is 0 Å². The van der Waals surface area contributed by atoms with E-state index in [0.29, 0.717) is 7.55 Å². The minimum Gasteiger partial charge on any atom is 0.0724 e. The van der Waals surface area contributed by atoms with Gasteiger partial charge in [-0.15, -0.1) is 0 Å². The Bertz CT molecular complexity index is 41.2. The zero-order chi connectivity index (χ0) is 2.99. The maximum Gasteiger partial charge on any atom is 0.146 e. The zero-order valence-electron chi connectivity index (χ0n) is 2.57. The fourth-order valence-electron chi connectivity index (χ4n) is 0.0707. The monoisotopic (exact) mass is 73.0 g/mol. The predicted octanol–water partition coefficient (Wildman–Crippen LogP) is 0.914. The molecular weight excluding hydrogens is 67.0 g/mol. The Morgan fingerprint density at radius 3 is 1.75 bits per heavy atom. The van der Waals surface area contributed by atoms with Crippen molar-refractivity contribution in [3.63, 3.8) is 0 Å². The Kier molecular flexibility index (Phi) is 0.336. The van der Waals surface area contributed by atoms with Crippen LogP contribution in [0.3, 0.4) is 0 Å². The molecule has 0 aromatic carbocycles.